The van der Waals surface area contributed by atoms with Gasteiger partial charge in [-0.05, 0) is 85.2 Å². The van der Waals surface area contributed by atoms with Gasteiger partial charge < -0.3 is 4.74 Å². The zero-order valence-corrected chi connectivity index (χ0v) is 20.3. The van der Waals surface area contributed by atoms with Crippen molar-refractivity contribution in [3.05, 3.63) is 98.9 Å². The Kier molecular flexibility index (Phi) is 5.29. The average molecular weight is 480 g/mol. The molecule has 0 unspecified atom stereocenters. The van der Waals surface area contributed by atoms with Crippen LogP contribution in [0.15, 0.2) is 64.0 Å². The zero-order valence-electron chi connectivity index (χ0n) is 20.3. The number of allylic oxidation sites excluding steroid dienone is 1. The minimum atomic E-state index is -0.568. The molecule has 0 atom stereocenters. The first-order valence-corrected chi connectivity index (χ1v) is 12.0. The summed E-state index contributed by atoms with van der Waals surface area (Å²) in [6.45, 7) is 6.56. The summed E-state index contributed by atoms with van der Waals surface area (Å²) in [5.74, 6) is -0.135. The molecule has 5 aromatic rings. The minimum absolute atomic E-state index is 0.433. The van der Waals surface area contributed by atoms with Crippen molar-refractivity contribution in [2.24, 2.45) is 0 Å². The lowest BCUT2D eigenvalue weighted by molar-refractivity contribution is 0.309. The number of hydrogen-bond donors (Lipinski definition) is 1. The normalized spacial score (nSPS) is 14.3. The van der Waals surface area contributed by atoms with Crippen molar-refractivity contribution in [2.45, 2.75) is 33.6 Å². The van der Waals surface area contributed by atoms with Crippen LogP contribution < -0.4 is 10.5 Å². The molecule has 3 heterocycles. The van der Waals surface area contributed by atoms with Gasteiger partial charge in [0, 0.05) is 11.8 Å². The van der Waals surface area contributed by atoms with Crippen LogP contribution in [0.1, 0.15) is 47.5 Å². The van der Waals surface area contributed by atoms with Crippen molar-refractivity contribution in [2.75, 3.05) is 6.61 Å². The van der Waals surface area contributed by atoms with Crippen LogP contribution in [-0.4, -0.2) is 31.3 Å². The molecule has 8 heteroatoms. The molecule has 8 nitrogen and oxygen atoms in total. The van der Waals surface area contributed by atoms with Crippen molar-refractivity contribution in [1.29, 1.82) is 0 Å². The Hall–Kier alpha value is -4.46. The van der Waals surface area contributed by atoms with Gasteiger partial charge in [0.1, 0.15) is 5.52 Å². The van der Waals surface area contributed by atoms with Crippen LogP contribution in [0.2, 0.25) is 0 Å². The van der Waals surface area contributed by atoms with E-state index in [1.165, 1.54) is 11.1 Å². The number of imidazole rings is 1. The second kappa shape index (κ2) is 8.64. The monoisotopic (exact) mass is 479 g/mol. The summed E-state index contributed by atoms with van der Waals surface area (Å²) in [6, 6.07) is 17.0. The van der Waals surface area contributed by atoms with Gasteiger partial charge in [0.05, 0.1) is 12.3 Å². The van der Waals surface area contributed by atoms with Crippen molar-refractivity contribution in [3.8, 4) is 11.7 Å². The number of benzene rings is 2. The third-order valence-electron chi connectivity index (χ3n) is 6.84. The fraction of sp³-hybridized carbons (Fsp3) is 0.214. The smallest absolute Gasteiger partial charge is 0.439 e. The number of nitrogens with zero attached hydrogens (tertiary/aromatic N) is 4. The third-order valence-corrected chi connectivity index (χ3v) is 6.84. The molecule has 180 valence electrons. The molecule has 0 radical (unpaired) electrons. The van der Waals surface area contributed by atoms with Crippen LogP contribution in [0.3, 0.4) is 0 Å². The van der Waals surface area contributed by atoms with E-state index in [0.29, 0.717) is 18.4 Å². The van der Waals surface area contributed by atoms with Crippen LogP contribution >= 0.6 is 0 Å². The van der Waals surface area contributed by atoms with Gasteiger partial charge in [-0.15, -0.1) is 0 Å². The topological polar surface area (TPSA) is 98.8 Å². The molecule has 0 spiro atoms. The number of aromatic amines is 1. The molecule has 0 aliphatic heterocycles. The van der Waals surface area contributed by atoms with Crippen molar-refractivity contribution >= 4 is 22.3 Å². The van der Waals surface area contributed by atoms with Gasteiger partial charge >= 0.3 is 11.8 Å². The van der Waals surface area contributed by atoms with Gasteiger partial charge in [-0.1, -0.05) is 35.5 Å². The fourth-order valence-electron chi connectivity index (χ4n) is 5.18. The highest BCUT2D eigenvalue weighted by molar-refractivity contribution is 5.99. The molecule has 0 amide bonds. The molecule has 0 saturated carbocycles. The first kappa shape index (κ1) is 22.0. The number of aryl methyl sites for hydroxylation is 1. The second-order valence-electron chi connectivity index (χ2n) is 8.85. The van der Waals surface area contributed by atoms with Crippen LogP contribution in [-0.2, 0) is 12.8 Å². The molecule has 0 bridgehead atoms. The summed E-state index contributed by atoms with van der Waals surface area (Å²) >= 11 is 0. The fourth-order valence-corrected chi connectivity index (χ4v) is 5.18. The molecule has 3 aromatic heterocycles. The summed E-state index contributed by atoms with van der Waals surface area (Å²) in [4.78, 5) is 23.7. The van der Waals surface area contributed by atoms with Crippen molar-refractivity contribution in [1.82, 2.24) is 24.7 Å². The Labute approximate surface area is 207 Å². The van der Waals surface area contributed by atoms with E-state index in [-0.39, 0.29) is 0 Å². The Bertz CT molecular complexity index is 1710. The van der Waals surface area contributed by atoms with E-state index < -0.39 is 5.76 Å². The standard InChI is InChI=1S/C28H25N5O3/c1-4-35-27-30-22-10-7-15-29-26(22)33(27)23-14-13-21-19(16(23)2)12-11-18-8-5-6-9-20(18)24(21)17(3)25-31-28(34)36-32-25/h5-10,13-15H,4,11-12H2,1-3H3,(H,31,32,34). The number of pyridine rings is 1. The van der Waals surface area contributed by atoms with Crippen LogP contribution in [0, 0.1) is 6.92 Å². The molecule has 36 heavy (non-hydrogen) atoms. The summed E-state index contributed by atoms with van der Waals surface area (Å²) in [5.41, 5.74) is 10.3. The lowest BCUT2D eigenvalue weighted by atomic mass is 9.88. The SMILES string of the molecule is CCOc1nc2cccnc2n1-c1ccc2c(c1C)CCc1ccccc1C2=C(C)c1noc(=O)[nH]1. The molecule has 6 rings (SSSR count). The number of ether oxygens (including phenoxy) is 1. The van der Waals surface area contributed by atoms with Gasteiger partial charge in [-0.2, -0.15) is 4.98 Å². The summed E-state index contributed by atoms with van der Waals surface area (Å²) in [5, 5.41) is 3.98. The summed E-state index contributed by atoms with van der Waals surface area (Å²) in [6.07, 6.45) is 3.53. The molecule has 1 aliphatic carbocycles. The van der Waals surface area contributed by atoms with Gasteiger partial charge in [0.2, 0.25) is 0 Å². The minimum Gasteiger partial charge on any atom is -0.465 e. The first-order valence-electron chi connectivity index (χ1n) is 12.0. The molecule has 1 N–H and O–H groups in total. The quantitative estimate of drug-likeness (QED) is 0.394. The predicted molar refractivity (Wildman–Crippen MR) is 137 cm³/mol. The maximum atomic E-state index is 11.7. The van der Waals surface area contributed by atoms with Gasteiger partial charge in [0.25, 0.3) is 0 Å². The Balaban J connectivity index is 1.62. The Morgan fingerprint density at radius 1 is 1.11 bits per heavy atom. The summed E-state index contributed by atoms with van der Waals surface area (Å²) in [7, 11) is 0. The highest BCUT2D eigenvalue weighted by Gasteiger charge is 2.25. The Morgan fingerprint density at radius 3 is 2.78 bits per heavy atom. The van der Waals surface area contributed by atoms with E-state index in [9.17, 15) is 4.79 Å². The third kappa shape index (κ3) is 3.45. The molecular weight excluding hydrogens is 454 g/mol. The molecular formula is C28H25N5O3. The van der Waals surface area contributed by atoms with Gasteiger partial charge in [0.15, 0.2) is 11.5 Å². The highest BCUT2D eigenvalue weighted by atomic mass is 16.5. The number of nitrogens with one attached hydrogen (secondary N) is 1. The number of fused-ring (bicyclic) bond motifs is 3. The van der Waals surface area contributed by atoms with E-state index >= 15 is 0 Å². The number of rotatable bonds is 4. The maximum Gasteiger partial charge on any atom is 0.439 e. The number of H-pyrrole nitrogens is 1. The van der Waals surface area contributed by atoms with E-state index in [0.717, 1.165) is 57.5 Å². The second-order valence-corrected chi connectivity index (χ2v) is 8.85. The van der Waals surface area contributed by atoms with Crippen molar-refractivity contribution < 1.29 is 9.26 Å². The zero-order chi connectivity index (χ0) is 24.8. The molecule has 1 aliphatic rings. The highest BCUT2D eigenvalue weighted by Crippen LogP contribution is 2.41. The van der Waals surface area contributed by atoms with E-state index in [1.54, 1.807) is 6.20 Å². The van der Waals surface area contributed by atoms with E-state index in [2.05, 4.69) is 57.4 Å². The van der Waals surface area contributed by atoms with Crippen molar-refractivity contribution in [3.63, 3.8) is 0 Å². The number of aromatic nitrogens is 5. The van der Waals surface area contributed by atoms with Crippen LogP contribution in [0.25, 0.3) is 28.0 Å². The summed E-state index contributed by atoms with van der Waals surface area (Å²) < 4.78 is 12.7. The molecule has 0 fully saturated rings. The first-order chi connectivity index (χ1) is 17.6. The lowest BCUT2D eigenvalue weighted by Crippen LogP contribution is -2.07. The van der Waals surface area contributed by atoms with Crippen LogP contribution in [0.5, 0.6) is 6.01 Å². The molecule has 0 saturated heterocycles. The van der Waals surface area contributed by atoms with E-state index in [1.807, 2.05) is 36.6 Å². The van der Waals surface area contributed by atoms with E-state index in [4.69, 9.17) is 9.26 Å². The van der Waals surface area contributed by atoms with Gasteiger partial charge in [-0.3, -0.25) is 9.51 Å². The lowest BCUT2D eigenvalue weighted by Gasteiger charge is -2.19. The van der Waals surface area contributed by atoms with Crippen LogP contribution in [0.4, 0.5) is 0 Å². The molecule has 2 aromatic carbocycles. The van der Waals surface area contributed by atoms with Gasteiger partial charge in [-0.25, -0.2) is 14.3 Å². The largest absolute Gasteiger partial charge is 0.465 e. The Morgan fingerprint density at radius 2 is 1.97 bits per heavy atom. The maximum absolute atomic E-state index is 11.7. The number of hydrogen-bond acceptors (Lipinski definition) is 6. The predicted octanol–water partition coefficient (Wildman–Crippen LogP) is 4.88. The average Bonchev–Trinajstić information content (AvgIpc) is 3.43.